The van der Waals surface area contributed by atoms with Crippen LogP contribution in [0.1, 0.15) is 10.6 Å². The smallest absolute Gasteiger partial charge is 0.407 e. The normalized spacial score (nSPS) is 10.3. The number of hydrogen-bond donors (Lipinski definition) is 1. The second-order valence-corrected chi connectivity index (χ2v) is 5.73. The number of nitrogens with one attached hydrogen (secondary N) is 1. The number of hydrogen-bond acceptors (Lipinski definition) is 5. The lowest BCUT2D eigenvalue weighted by Crippen LogP contribution is -2.23. The van der Waals surface area contributed by atoms with Gasteiger partial charge in [-0.05, 0) is 17.7 Å². The highest BCUT2D eigenvalue weighted by Crippen LogP contribution is 2.20. The van der Waals surface area contributed by atoms with E-state index in [-0.39, 0.29) is 6.61 Å². The Hall–Kier alpha value is -2.73. The fraction of sp³-hybridized carbons (Fsp3) is 0.118. The van der Waals surface area contributed by atoms with E-state index < -0.39 is 6.09 Å². The van der Waals surface area contributed by atoms with Crippen molar-refractivity contribution in [3.8, 4) is 11.3 Å². The van der Waals surface area contributed by atoms with Gasteiger partial charge in [-0.15, -0.1) is 11.3 Å². The first-order valence-electron chi connectivity index (χ1n) is 7.10. The molecule has 0 spiro atoms. The van der Waals surface area contributed by atoms with Crippen molar-refractivity contribution in [3.63, 3.8) is 0 Å². The molecule has 3 aromatic rings. The first kappa shape index (κ1) is 15.2. The van der Waals surface area contributed by atoms with Crippen molar-refractivity contribution in [2.24, 2.45) is 0 Å². The van der Waals surface area contributed by atoms with Gasteiger partial charge in [0.15, 0.2) is 0 Å². The summed E-state index contributed by atoms with van der Waals surface area (Å²) in [5.74, 6) is 0. The maximum absolute atomic E-state index is 11.7. The third-order valence-corrected chi connectivity index (χ3v) is 3.95. The summed E-state index contributed by atoms with van der Waals surface area (Å²) in [7, 11) is 0. The van der Waals surface area contributed by atoms with Crippen LogP contribution in [-0.2, 0) is 17.9 Å². The monoisotopic (exact) mass is 325 g/mol. The third-order valence-electron chi connectivity index (χ3n) is 3.11. The average molecular weight is 325 g/mol. The summed E-state index contributed by atoms with van der Waals surface area (Å²) >= 11 is 1.49. The molecule has 0 saturated carbocycles. The molecule has 1 aromatic carbocycles. The van der Waals surface area contributed by atoms with Crippen LogP contribution < -0.4 is 5.32 Å². The van der Waals surface area contributed by atoms with E-state index in [0.29, 0.717) is 6.54 Å². The van der Waals surface area contributed by atoms with Gasteiger partial charge in [0, 0.05) is 23.3 Å². The number of benzene rings is 1. The number of aromatic nitrogens is 2. The van der Waals surface area contributed by atoms with Crippen LogP contribution in [-0.4, -0.2) is 16.1 Å². The molecular weight excluding hydrogens is 310 g/mol. The summed E-state index contributed by atoms with van der Waals surface area (Å²) in [6.07, 6.45) is 3.04. The van der Waals surface area contributed by atoms with Crippen molar-refractivity contribution in [2.75, 3.05) is 0 Å². The zero-order valence-corrected chi connectivity index (χ0v) is 13.1. The van der Waals surface area contributed by atoms with Crippen LogP contribution >= 0.6 is 11.3 Å². The Labute approximate surface area is 138 Å². The van der Waals surface area contributed by atoms with Crippen LogP contribution in [0.3, 0.4) is 0 Å². The van der Waals surface area contributed by atoms with Crippen molar-refractivity contribution in [1.29, 1.82) is 0 Å². The Morgan fingerprint density at radius 1 is 1.17 bits per heavy atom. The number of nitrogens with zero attached hydrogens (tertiary/aromatic N) is 2. The number of rotatable bonds is 5. The van der Waals surface area contributed by atoms with Crippen LogP contribution in [0.15, 0.2) is 60.2 Å². The van der Waals surface area contributed by atoms with Gasteiger partial charge in [-0.3, -0.25) is 4.98 Å². The standard InChI is InChI=1S/C17H15N3O2S/c21-17(22-11-13-5-2-1-3-6-13)19-10-16-20-15(12-23-16)14-7-4-8-18-9-14/h1-9,12H,10-11H2,(H,19,21). The van der Waals surface area contributed by atoms with Crippen molar-refractivity contribution in [3.05, 3.63) is 70.8 Å². The molecule has 1 N–H and O–H groups in total. The molecule has 0 fully saturated rings. The summed E-state index contributed by atoms with van der Waals surface area (Å²) in [6, 6.07) is 13.4. The second-order valence-electron chi connectivity index (χ2n) is 4.78. The molecule has 0 radical (unpaired) electrons. The lowest BCUT2D eigenvalue weighted by atomic mass is 10.2. The highest BCUT2D eigenvalue weighted by atomic mass is 32.1. The fourth-order valence-electron chi connectivity index (χ4n) is 1.96. The molecule has 0 aliphatic heterocycles. The molecule has 116 valence electrons. The lowest BCUT2D eigenvalue weighted by molar-refractivity contribution is 0.139. The largest absolute Gasteiger partial charge is 0.445 e. The zero-order chi connectivity index (χ0) is 15.9. The van der Waals surface area contributed by atoms with Crippen LogP contribution in [0.25, 0.3) is 11.3 Å². The molecule has 23 heavy (non-hydrogen) atoms. The summed E-state index contributed by atoms with van der Waals surface area (Å²) < 4.78 is 5.16. The second kappa shape index (κ2) is 7.51. The van der Waals surface area contributed by atoms with Crippen molar-refractivity contribution in [1.82, 2.24) is 15.3 Å². The van der Waals surface area contributed by atoms with Crippen molar-refractivity contribution >= 4 is 17.4 Å². The number of thiazole rings is 1. The van der Waals surface area contributed by atoms with E-state index in [2.05, 4.69) is 15.3 Å². The molecule has 0 saturated heterocycles. The minimum absolute atomic E-state index is 0.255. The molecule has 2 heterocycles. The molecule has 0 unspecified atom stereocenters. The molecule has 3 rings (SSSR count). The minimum atomic E-state index is -0.452. The van der Waals surface area contributed by atoms with Crippen molar-refractivity contribution in [2.45, 2.75) is 13.2 Å². The van der Waals surface area contributed by atoms with Gasteiger partial charge >= 0.3 is 6.09 Å². The van der Waals surface area contributed by atoms with Crippen LogP contribution in [0.2, 0.25) is 0 Å². The summed E-state index contributed by atoms with van der Waals surface area (Å²) in [5, 5.41) is 5.47. The number of carbonyl (C=O) groups excluding carboxylic acids is 1. The fourth-order valence-corrected chi connectivity index (χ4v) is 2.70. The van der Waals surface area contributed by atoms with Crippen LogP contribution in [0.5, 0.6) is 0 Å². The molecule has 0 atom stereocenters. The predicted molar refractivity (Wildman–Crippen MR) is 88.8 cm³/mol. The van der Waals surface area contributed by atoms with Crippen molar-refractivity contribution < 1.29 is 9.53 Å². The molecule has 2 aromatic heterocycles. The third kappa shape index (κ3) is 4.37. The lowest BCUT2D eigenvalue weighted by Gasteiger charge is -2.05. The quantitative estimate of drug-likeness (QED) is 0.778. The van der Waals surface area contributed by atoms with Gasteiger partial charge in [-0.2, -0.15) is 0 Å². The molecule has 1 amide bonds. The maximum Gasteiger partial charge on any atom is 0.407 e. The number of amides is 1. The van der Waals surface area contributed by atoms with Gasteiger partial charge in [0.05, 0.1) is 12.2 Å². The Morgan fingerprint density at radius 3 is 2.83 bits per heavy atom. The van der Waals surface area contributed by atoms with E-state index in [0.717, 1.165) is 21.8 Å². The summed E-state index contributed by atoms with van der Waals surface area (Å²) in [5.41, 5.74) is 2.77. The van der Waals surface area contributed by atoms with Gasteiger partial charge in [0.1, 0.15) is 11.6 Å². The van der Waals surface area contributed by atoms with E-state index in [1.807, 2.05) is 47.8 Å². The van der Waals surface area contributed by atoms with Gasteiger partial charge < -0.3 is 10.1 Å². The van der Waals surface area contributed by atoms with Crippen LogP contribution in [0, 0.1) is 0 Å². The first-order valence-corrected chi connectivity index (χ1v) is 7.98. The average Bonchev–Trinajstić information content (AvgIpc) is 3.09. The zero-order valence-electron chi connectivity index (χ0n) is 12.3. The Morgan fingerprint density at radius 2 is 2.04 bits per heavy atom. The number of carbonyl (C=O) groups is 1. The van der Waals surface area contributed by atoms with E-state index in [1.165, 1.54) is 11.3 Å². The maximum atomic E-state index is 11.7. The van der Waals surface area contributed by atoms with Gasteiger partial charge in [-0.25, -0.2) is 9.78 Å². The number of pyridine rings is 1. The number of ether oxygens (including phenoxy) is 1. The highest BCUT2D eigenvalue weighted by Gasteiger charge is 2.07. The van der Waals surface area contributed by atoms with Gasteiger partial charge in [0.2, 0.25) is 0 Å². The van der Waals surface area contributed by atoms with E-state index in [4.69, 9.17) is 4.74 Å². The molecule has 0 aliphatic carbocycles. The predicted octanol–water partition coefficient (Wildman–Crippen LogP) is 3.63. The molecule has 6 heteroatoms. The Kier molecular flexibility index (Phi) is 4.95. The number of alkyl carbamates (subject to hydrolysis) is 1. The van der Waals surface area contributed by atoms with E-state index in [9.17, 15) is 4.79 Å². The first-order chi connectivity index (χ1) is 11.3. The molecule has 0 aliphatic rings. The SMILES string of the molecule is O=C(NCc1nc(-c2cccnc2)cs1)OCc1ccccc1. The minimum Gasteiger partial charge on any atom is -0.445 e. The Bertz CT molecular complexity index is 760. The molecular formula is C17H15N3O2S. The Balaban J connectivity index is 1.49. The van der Waals surface area contributed by atoms with Crippen LogP contribution in [0.4, 0.5) is 4.79 Å². The van der Waals surface area contributed by atoms with Gasteiger partial charge in [-0.1, -0.05) is 30.3 Å². The van der Waals surface area contributed by atoms with E-state index >= 15 is 0 Å². The molecule has 5 nitrogen and oxygen atoms in total. The molecule has 0 bridgehead atoms. The summed E-state index contributed by atoms with van der Waals surface area (Å²) in [6.45, 7) is 0.601. The highest BCUT2D eigenvalue weighted by molar-refractivity contribution is 7.09. The summed E-state index contributed by atoms with van der Waals surface area (Å²) in [4.78, 5) is 20.3. The van der Waals surface area contributed by atoms with E-state index in [1.54, 1.807) is 12.4 Å². The topological polar surface area (TPSA) is 64.1 Å². The van der Waals surface area contributed by atoms with Gasteiger partial charge in [0.25, 0.3) is 0 Å².